The number of hydrogen-bond donors (Lipinski definition) is 1. The van der Waals surface area contributed by atoms with Crippen molar-refractivity contribution >= 4 is 28.4 Å². The summed E-state index contributed by atoms with van der Waals surface area (Å²) in [5, 5.41) is 0. The molecule has 1 aromatic rings. The van der Waals surface area contributed by atoms with Crippen LogP contribution >= 0.6 is 24.0 Å². The van der Waals surface area contributed by atoms with Crippen molar-refractivity contribution < 1.29 is 27.4 Å². The number of terminal acetylenes is 1. The molecule has 30 heavy (non-hydrogen) atoms. The van der Waals surface area contributed by atoms with E-state index in [-0.39, 0.29) is 28.8 Å². The third-order valence-corrected chi connectivity index (χ3v) is 5.16. The molecule has 0 aliphatic carbocycles. The molecule has 1 aliphatic heterocycles. The molecule has 3 atom stereocenters. The van der Waals surface area contributed by atoms with E-state index in [1.165, 1.54) is 11.8 Å². The Labute approximate surface area is 180 Å². The molecule has 0 spiro atoms. The first-order chi connectivity index (χ1) is 13.8. The Morgan fingerprint density at radius 2 is 2.10 bits per heavy atom. The highest BCUT2D eigenvalue weighted by atomic mass is 32.2. The molecule has 1 saturated heterocycles. The molecule has 0 bridgehead atoms. The van der Waals surface area contributed by atoms with Crippen molar-refractivity contribution in [1.82, 2.24) is 9.55 Å². The molecule has 166 valence electrons. The molecule has 12 heteroatoms. The Hall–Kier alpha value is -1.81. The van der Waals surface area contributed by atoms with Gasteiger partial charge in [-0.2, -0.15) is 13.2 Å². The minimum absolute atomic E-state index is 0.0259. The molecule has 1 N–H and O–H groups in total. The standard InChI is InChI=1S/C18H21F3N2O5S2/c1-5-6-26-11-7-13(28-12(11)9-27-16(29)30-17(2,3)4)23-8-10(18(19,20)21)14(24)22-15(23)25/h1,8,11-13H,6-7,9H2,2-4H3,(H,22,24,25)/t11-,12+,13+/m0/s1. The number of hydrogen-bond acceptors (Lipinski definition) is 7. The first kappa shape index (κ1) is 24.5. The smallest absolute Gasteiger partial charge is 0.423 e. The first-order valence-electron chi connectivity index (χ1n) is 8.81. The maximum absolute atomic E-state index is 13.1. The second kappa shape index (κ2) is 9.55. The zero-order valence-corrected chi connectivity index (χ0v) is 18.1. The number of H-pyrrole nitrogens is 1. The number of aromatic amines is 1. The van der Waals surface area contributed by atoms with Gasteiger partial charge in [-0.25, -0.2) is 4.79 Å². The maximum atomic E-state index is 13.1. The molecular weight excluding hydrogens is 445 g/mol. The zero-order valence-electron chi connectivity index (χ0n) is 16.4. The summed E-state index contributed by atoms with van der Waals surface area (Å²) in [6.07, 6.45) is -1.77. The fourth-order valence-electron chi connectivity index (χ4n) is 2.68. The van der Waals surface area contributed by atoms with Gasteiger partial charge in [0.2, 0.25) is 4.38 Å². The maximum Gasteiger partial charge on any atom is 0.423 e. The van der Waals surface area contributed by atoms with Gasteiger partial charge in [0.05, 0.1) is 6.10 Å². The summed E-state index contributed by atoms with van der Waals surface area (Å²) < 4.78 is 56.7. The second-order valence-corrected chi connectivity index (χ2v) is 9.83. The van der Waals surface area contributed by atoms with Gasteiger partial charge in [0, 0.05) is 17.4 Å². The number of nitrogens with zero attached hydrogens (tertiary/aromatic N) is 1. The average Bonchev–Trinajstić information content (AvgIpc) is 2.98. The molecule has 1 aliphatic rings. The summed E-state index contributed by atoms with van der Waals surface area (Å²) in [6.45, 7) is 5.75. The molecule has 1 fully saturated rings. The number of ether oxygens (including phenoxy) is 3. The molecule has 1 aromatic heterocycles. The van der Waals surface area contributed by atoms with E-state index in [9.17, 15) is 22.8 Å². The molecule has 0 radical (unpaired) electrons. The summed E-state index contributed by atoms with van der Waals surface area (Å²) in [6, 6.07) is 0. The zero-order chi connectivity index (χ0) is 22.7. The van der Waals surface area contributed by atoms with Gasteiger partial charge in [-0.1, -0.05) is 38.5 Å². The van der Waals surface area contributed by atoms with Crippen LogP contribution in [-0.2, 0) is 20.4 Å². The van der Waals surface area contributed by atoms with Crippen LogP contribution in [0.1, 0.15) is 39.0 Å². The van der Waals surface area contributed by atoms with Gasteiger partial charge in [-0.15, -0.1) is 6.42 Å². The van der Waals surface area contributed by atoms with Crippen LogP contribution in [0.4, 0.5) is 13.2 Å². The fraction of sp³-hybridized carbons (Fsp3) is 0.611. The highest BCUT2D eigenvalue weighted by molar-refractivity contribution is 8.23. The van der Waals surface area contributed by atoms with Crippen LogP contribution in [0.25, 0.3) is 0 Å². The van der Waals surface area contributed by atoms with Crippen LogP contribution in [0.5, 0.6) is 0 Å². The Bertz CT molecular complexity index is 930. The number of rotatable bonds is 5. The van der Waals surface area contributed by atoms with Crippen molar-refractivity contribution in [2.24, 2.45) is 0 Å². The predicted molar refractivity (Wildman–Crippen MR) is 109 cm³/mol. The van der Waals surface area contributed by atoms with Crippen LogP contribution in [0.15, 0.2) is 15.8 Å². The van der Waals surface area contributed by atoms with E-state index < -0.39 is 41.4 Å². The van der Waals surface area contributed by atoms with Gasteiger partial charge in [-0.3, -0.25) is 14.3 Å². The second-order valence-electron chi connectivity index (χ2n) is 7.40. The molecule has 7 nitrogen and oxygen atoms in total. The van der Waals surface area contributed by atoms with Crippen LogP contribution in [0.2, 0.25) is 0 Å². The number of alkyl halides is 3. The lowest BCUT2D eigenvalue weighted by atomic mass is 10.2. The number of thiocarbonyl (C=S) groups is 1. The van der Waals surface area contributed by atoms with E-state index in [2.05, 4.69) is 5.92 Å². The third-order valence-electron chi connectivity index (χ3n) is 3.90. The van der Waals surface area contributed by atoms with E-state index in [4.69, 9.17) is 32.9 Å². The summed E-state index contributed by atoms with van der Waals surface area (Å²) in [5.41, 5.74) is -4.06. The fourth-order valence-corrected chi connectivity index (χ4v) is 4.13. The van der Waals surface area contributed by atoms with Gasteiger partial charge in [0.25, 0.3) is 5.56 Å². The molecule has 2 rings (SSSR count). The average molecular weight is 467 g/mol. The van der Waals surface area contributed by atoms with Crippen molar-refractivity contribution in [3.05, 3.63) is 32.6 Å². The summed E-state index contributed by atoms with van der Waals surface area (Å²) in [5.74, 6) is 2.30. The summed E-state index contributed by atoms with van der Waals surface area (Å²) in [7, 11) is 0. The number of nitrogens with one attached hydrogen (secondary N) is 1. The summed E-state index contributed by atoms with van der Waals surface area (Å²) in [4.78, 5) is 25.3. The minimum Gasteiger partial charge on any atom is -0.476 e. The van der Waals surface area contributed by atoms with E-state index in [0.717, 1.165) is 0 Å². The summed E-state index contributed by atoms with van der Waals surface area (Å²) >= 11 is 6.50. The number of thioether (sulfide) groups is 1. The molecule has 0 unspecified atom stereocenters. The lowest BCUT2D eigenvalue weighted by molar-refractivity contribution is -0.139. The quantitative estimate of drug-likeness (QED) is 0.528. The van der Waals surface area contributed by atoms with Crippen LogP contribution in [-0.4, -0.2) is 44.1 Å². The van der Waals surface area contributed by atoms with Gasteiger partial charge in [-0.05, 0) is 12.2 Å². The highest BCUT2D eigenvalue weighted by Gasteiger charge is 2.40. The van der Waals surface area contributed by atoms with E-state index >= 15 is 0 Å². The van der Waals surface area contributed by atoms with Crippen molar-refractivity contribution in [1.29, 1.82) is 0 Å². The largest absolute Gasteiger partial charge is 0.476 e. The molecule has 0 aromatic carbocycles. The van der Waals surface area contributed by atoms with Gasteiger partial charge in [0.1, 0.15) is 31.1 Å². The molecular formula is C18H21F3N2O5S2. The van der Waals surface area contributed by atoms with Crippen molar-refractivity contribution in [3.63, 3.8) is 0 Å². The topological polar surface area (TPSA) is 82.6 Å². The van der Waals surface area contributed by atoms with Crippen LogP contribution < -0.4 is 11.2 Å². The van der Waals surface area contributed by atoms with Gasteiger partial charge < -0.3 is 14.2 Å². The van der Waals surface area contributed by atoms with E-state index in [1.807, 2.05) is 20.8 Å². The van der Waals surface area contributed by atoms with Gasteiger partial charge >= 0.3 is 11.9 Å². The monoisotopic (exact) mass is 466 g/mol. The predicted octanol–water partition coefficient (Wildman–Crippen LogP) is 2.69. The number of halogens is 3. The molecule has 0 amide bonds. The van der Waals surface area contributed by atoms with Crippen LogP contribution in [0, 0.1) is 12.3 Å². The molecule has 2 heterocycles. The highest BCUT2D eigenvalue weighted by Crippen LogP contribution is 2.33. The van der Waals surface area contributed by atoms with Crippen molar-refractivity contribution in [2.45, 2.75) is 56.6 Å². The minimum atomic E-state index is -4.93. The SMILES string of the molecule is C#CCO[C@H]1C[C@H](n2cc(C(F)(F)F)c(=O)[nH]c2=O)O[C@@H]1COC(=S)SC(C)(C)C. The lowest BCUT2D eigenvalue weighted by Gasteiger charge is -2.21. The van der Waals surface area contributed by atoms with Crippen molar-refractivity contribution in [2.75, 3.05) is 13.2 Å². The van der Waals surface area contributed by atoms with Crippen LogP contribution in [0.3, 0.4) is 0 Å². The Morgan fingerprint density at radius 3 is 2.67 bits per heavy atom. The normalized spacial score (nSPS) is 22.0. The third kappa shape index (κ3) is 6.60. The molecule has 0 saturated carbocycles. The number of aromatic nitrogens is 2. The van der Waals surface area contributed by atoms with E-state index in [0.29, 0.717) is 10.8 Å². The van der Waals surface area contributed by atoms with E-state index in [1.54, 1.807) is 4.98 Å². The Kier molecular flexibility index (Phi) is 7.79. The Balaban J connectivity index is 2.21. The lowest BCUT2D eigenvalue weighted by Crippen LogP contribution is -2.36. The van der Waals surface area contributed by atoms with Crippen molar-refractivity contribution in [3.8, 4) is 12.3 Å². The first-order valence-corrected chi connectivity index (χ1v) is 10.0. The van der Waals surface area contributed by atoms with Gasteiger partial charge in [0.15, 0.2) is 0 Å². The Morgan fingerprint density at radius 1 is 1.43 bits per heavy atom.